The predicted molar refractivity (Wildman–Crippen MR) is 67.9 cm³/mol. The second-order valence-electron chi connectivity index (χ2n) is 4.20. The Kier molecular flexibility index (Phi) is 4.12. The van der Waals surface area contributed by atoms with Gasteiger partial charge in [0.25, 0.3) is 5.91 Å². The zero-order valence-corrected chi connectivity index (χ0v) is 10.8. The van der Waals surface area contributed by atoms with E-state index in [1.54, 1.807) is 0 Å². The minimum atomic E-state index is -0.176. The van der Waals surface area contributed by atoms with Crippen LogP contribution in [0.15, 0.2) is 0 Å². The summed E-state index contributed by atoms with van der Waals surface area (Å²) in [6, 6.07) is 0.323. The lowest BCUT2D eigenvalue weighted by Gasteiger charge is -2.11. The summed E-state index contributed by atoms with van der Waals surface area (Å²) in [5.74, 6) is 0.107. The number of nitrogens with zero attached hydrogens (tertiary/aromatic N) is 1. The normalized spacial score (nSPS) is 10.9. The van der Waals surface area contributed by atoms with Crippen LogP contribution in [0.5, 0.6) is 0 Å². The van der Waals surface area contributed by atoms with E-state index in [0.717, 1.165) is 5.00 Å². The minimum Gasteiger partial charge on any atom is -0.382 e. The Bertz CT molecular complexity index is 373. The highest BCUT2D eigenvalue weighted by Gasteiger charge is 2.19. The molecule has 90 valence electrons. The molecule has 1 rings (SSSR count). The van der Waals surface area contributed by atoms with Crippen molar-refractivity contribution in [2.75, 3.05) is 11.1 Å². The Morgan fingerprint density at radius 3 is 2.44 bits per heavy atom. The van der Waals surface area contributed by atoms with E-state index >= 15 is 0 Å². The molecular weight excluding hydrogens is 224 g/mol. The highest BCUT2D eigenvalue weighted by molar-refractivity contribution is 7.11. The maximum Gasteiger partial charge on any atom is 0.258 e. The van der Waals surface area contributed by atoms with Gasteiger partial charge in [0.05, 0.1) is 0 Å². The van der Waals surface area contributed by atoms with E-state index in [1.165, 1.54) is 11.5 Å². The Hall–Kier alpha value is -1.30. The SMILES string of the molecule is CC(C)NC(=O)c1c(N)nsc1NC(C)C. The van der Waals surface area contributed by atoms with E-state index in [9.17, 15) is 4.79 Å². The van der Waals surface area contributed by atoms with Crippen LogP contribution in [0.2, 0.25) is 0 Å². The van der Waals surface area contributed by atoms with Crippen LogP contribution in [0.4, 0.5) is 10.8 Å². The fourth-order valence-electron chi connectivity index (χ4n) is 1.22. The number of nitrogens with two attached hydrogens (primary N) is 1. The number of hydrogen-bond acceptors (Lipinski definition) is 5. The van der Waals surface area contributed by atoms with Crippen LogP contribution < -0.4 is 16.4 Å². The molecule has 1 amide bonds. The first kappa shape index (κ1) is 12.8. The van der Waals surface area contributed by atoms with Crippen molar-refractivity contribution in [3.63, 3.8) is 0 Å². The summed E-state index contributed by atoms with van der Waals surface area (Å²) in [6.07, 6.45) is 0. The standard InChI is InChI=1S/C10H18N4OS/c1-5(2)12-9(15)7-8(11)14-16-10(7)13-6(3)4/h5-6,13H,1-4H3,(H2,11,14)(H,12,15). The third kappa shape index (κ3) is 3.10. The van der Waals surface area contributed by atoms with Crippen LogP contribution in [0.25, 0.3) is 0 Å². The van der Waals surface area contributed by atoms with Crippen LogP contribution in [0.1, 0.15) is 38.1 Å². The Morgan fingerprint density at radius 2 is 1.94 bits per heavy atom. The molecule has 5 nitrogen and oxygen atoms in total. The van der Waals surface area contributed by atoms with Crippen LogP contribution in [-0.4, -0.2) is 22.4 Å². The molecule has 1 aromatic rings. The third-order valence-electron chi connectivity index (χ3n) is 1.79. The number of carbonyl (C=O) groups excluding carboxylic acids is 1. The van der Waals surface area contributed by atoms with Gasteiger partial charge in [-0.2, -0.15) is 4.37 Å². The van der Waals surface area contributed by atoms with Gasteiger partial charge in [-0.15, -0.1) is 0 Å². The molecule has 16 heavy (non-hydrogen) atoms. The molecule has 0 atom stereocenters. The zero-order chi connectivity index (χ0) is 12.3. The topological polar surface area (TPSA) is 80.0 Å². The number of nitrogens with one attached hydrogen (secondary N) is 2. The average Bonchev–Trinajstić information content (AvgIpc) is 2.44. The summed E-state index contributed by atoms with van der Waals surface area (Å²) in [5.41, 5.74) is 6.14. The maximum atomic E-state index is 11.9. The van der Waals surface area contributed by atoms with Gasteiger partial charge in [0.2, 0.25) is 0 Å². The van der Waals surface area contributed by atoms with Crippen molar-refractivity contribution >= 4 is 28.3 Å². The molecule has 0 aliphatic carbocycles. The molecule has 0 spiro atoms. The summed E-state index contributed by atoms with van der Waals surface area (Å²) in [4.78, 5) is 11.9. The van der Waals surface area contributed by atoms with Gasteiger partial charge >= 0.3 is 0 Å². The van der Waals surface area contributed by atoms with Crippen molar-refractivity contribution in [1.29, 1.82) is 0 Å². The van der Waals surface area contributed by atoms with E-state index in [2.05, 4.69) is 15.0 Å². The van der Waals surface area contributed by atoms with Gasteiger partial charge < -0.3 is 16.4 Å². The van der Waals surface area contributed by atoms with Gasteiger partial charge in [-0.05, 0) is 39.2 Å². The molecule has 0 radical (unpaired) electrons. The van der Waals surface area contributed by atoms with E-state index < -0.39 is 0 Å². The monoisotopic (exact) mass is 242 g/mol. The van der Waals surface area contributed by atoms with Crippen molar-refractivity contribution in [1.82, 2.24) is 9.69 Å². The molecule has 0 fully saturated rings. The Morgan fingerprint density at radius 1 is 1.31 bits per heavy atom. The lowest BCUT2D eigenvalue weighted by atomic mass is 10.2. The Labute approximate surface area is 99.6 Å². The molecule has 1 heterocycles. The van der Waals surface area contributed by atoms with Crippen molar-refractivity contribution < 1.29 is 4.79 Å². The van der Waals surface area contributed by atoms with Gasteiger partial charge in [-0.3, -0.25) is 4.79 Å². The Balaban J connectivity index is 2.92. The van der Waals surface area contributed by atoms with Crippen molar-refractivity contribution in [2.24, 2.45) is 0 Å². The third-order valence-corrected chi connectivity index (χ3v) is 2.58. The first-order chi connectivity index (χ1) is 7.41. The van der Waals surface area contributed by atoms with Crippen molar-refractivity contribution in [2.45, 2.75) is 39.8 Å². The van der Waals surface area contributed by atoms with Crippen molar-refractivity contribution in [3.8, 4) is 0 Å². The number of carbonyl (C=O) groups is 1. The molecule has 0 saturated carbocycles. The van der Waals surface area contributed by atoms with Crippen LogP contribution in [-0.2, 0) is 0 Å². The minimum absolute atomic E-state index is 0.0821. The molecule has 0 saturated heterocycles. The van der Waals surface area contributed by atoms with E-state index in [1.807, 2.05) is 27.7 Å². The van der Waals surface area contributed by atoms with Gasteiger partial charge in [-0.1, -0.05) is 0 Å². The molecule has 4 N–H and O–H groups in total. The smallest absolute Gasteiger partial charge is 0.258 e. The lowest BCUT2D eigenvalue weighted by Crippen LogP contribution is -2.31. The van der Waals surface area contributed by atoms with Crippen LogP contribution >= 0.6 is 11.5 Å². The number of nitrogen functional groups attached to an aromatic ring is 1. The second kappa shape index (κ2) is 5.16. The first-order valence-electron chi connectivity index (χ1n) is 5.24. The zero-order valence-electron chi connectivity index (χ0n) is 10.00. The number of hydrogen-bond donors (Lipinski definition) is 3. The molecule has 0 unspecified atom stereocenters. The maximum absolute atomic E-state index is 11.9. The van der Waals surface area contributed by atoms with E-state index in [0.29, 0.717) is 5.56 Å². The largest absolute Gasteiger partial charge is 0.382 e. The number of amides is 1. The number of rotatable bonds is 4. The molecule has 6 heteroatoms. The van der Waals surface area contributed by atoms with E-state index in [4.69, 9.17) is 5.73 Å². The van der Waals surface area contributed by atoms with Gasteiger partial charge in [0.15, 0.2) is 5.82 Å². The molecule has 0 bridgehead atoms. The lowest BCUT2D eigenvalue weighted by molar-refractivity contribution is 0.0945. The molecule has 0 aromatic carbocycles. The summed E-state index contributed by atoms with van der Waals surface area (Å²) in [6.45, 7) is 7.81. The summed E-state index contributed by atoms with van der Waals surface area (Å²) in [5, 5.41) is 6.70. The van der Waals surface area contributed by atoms with Gasteiger partial charge in [0, 0.05) is 12.1 Å². The van der Waals surface area contributed by atoms with Gasteiger partial charge in [0.1, 0.15) is 10.6 Å². The first-order valence-corrected chi connectivity index (χ1v) is 6.01. The predicted octanol–water partition coefficient (Wildman–Crippen LogP) is 1.68. The molecule has 0 aliphatic heterocycles. The summed E-state index contributed by atoms with van der Waals surface area (Å²) < 4.78 is 3.99. The van der Waals surface area contributed by atoms with Crippen LogP contribution in [0.3, 0.4) is 0 Å². The highest BCUT2D eigenvalue weighted by Crippen LogP contribution is 2.27. The average molecular weight is 242 g/mol. The van der Waals surface area contributed by atoms with Crippen LogP contribution in [0, 0.1) is 0 Å². The second-order valence-corrected chi connectivity index (χ2v) is 4.97. The van der Waals surface area contributed by atoms with Gasteiger partial charge in [-0.25, -0.2) is 0 Å². The number of anilines is 2. The number of aromatic nitrogens is 1. The summed E-state index contributed by atoms with van der Waals surface area (Å²) >= 11 is 1.21. The summed E-state index contributed by atoms with van der Waals surface area (Å²) in [7, 11) is 0. The molecular formula is C10H18N4OS. The quantitative estimate of drug-likeness (QED) is 0.750. The fraction of sp³-hybridized carbons (Fsp3) is 0.600. The highest BCUT2D eigenvalue weighted by atomic mass is 32.1. The van der Waals surface area contributed by atoms with Crippen molar-refractivity contribution in [3.05, 3.63) is 5.56 Å². The molecule has 1 aromatic heterocycles. The van der Waals surface area contributed by atoms with E-state index in [-0.39, 0.29) is 23.8 Å². The molecule has 0 aliphatic rings. The fourth-order valence-corrected chi connectivity index (χ4v) is 2.07.